The first kappa shape index (κ1) is 16.8. The molecule has 0 aromatic rings. The van der Waals surface area contributed by atoms with Crippen molar-refractivity contribution in [3.63, 3.8) is 0 Å². The Morgan fingerprint density at radius 1 is 0.591 bits per heavy atom. The lowest BCUT2D eigenvalue weighted by molar-refractivity contribution is 1.09. The quantitative estimate of drug-likeness (QED) is 0.488. The van der Waals surface area contributed by atoms with Crippen LogP contribution in [-0.4, -0.2) is 0 Å². The zero-order valence-corrected chi connectivity index (χ0v) is 15.1. The summed E-state index contributed by atoms with van der Waals surface area (Å²) in [5.74, 6) is 0. The molecule has 0 aromatic heterocycles. The third kappa shape index (κ3) is 2.60. The maximum absolute atomic E-state index is 2.33. The van der Waals surface area contributed by atoms with Crippen molar-refractivity contribution in [2.24, 2.45) is 0 Å². The van der Waals surface area contributed by atoms with Gasteiger partial charge < -0.3 is 0 Å². The number of rotatable bonds is 1. The van der Waals surface area contributed by atoms with E-state index in [0.29, 0.717) is 0 Å². The van der Waals surface area contributed by atoms with E-state index in [9.17, 15) is 0 Å². The van der Waals surface area contributed by atoms with Crippen LogP contribution < -0.4 is 0 Å². The van der Waals surface area contributed by atoms with Crippen molar-refractivity contribution in [2.45, 2.75) is 67.2 Å². The molecule has 118 valence electrons. The number of allylic oxidation sites excluding steroid dienone is 12. The third-order valence-electron chi connectivity index (χ3n) is 4.97. The first-order chi connectivity index (χ1) is 10.8. The summed E-state index contributed by atoms with van der Waals surface area (Å²) in [6, 6.07) is 0. The van der Waals surface area contributed by atoms with Crippen molar-refractivity contribution in [1.29, 1.82) is 0 Å². The second-order valence-electron chi connectivity index (χ2n) is 5.78. The highest BCUT2D eigenvalue weighted by Crippen LogP contribution is 2.48. The van der Waals surface area contributed by atoms with Crippen molar-refractivity contribution >= 4 is 0 Å². The molecular weight excluding hydrogens is 264 g/mol. The maximum atomic E-state index is 2.33. The molecule has 0 N–H and O–H groups in total. The van der Waals surface area contributed by atoms with Crippen LogP contribution in [0.5, 0.6) is 0 Å². The lowest BCUT2D eigenvalue weighted by Gasteiger charge is -2.11. The summed E-state index contributed by atoms with van der Waals surface area (Å²) in [4.78, 5) is 0. The van der Waals surface area contributed by atoms with Gasteiger partial charge in [0.1, 0.15) is 0 Å². The van der Waals surface area contributed by atoms with Gasteiger partial charge in [0.25, 0.3) is 0 Å². The first-order valence-electron chi connectivity index (χ1n) is 8.93. The minimum atomic E-state index is 1.16. The molecule has 0 fully saturated rings. The number of hydrogen-bond donors (Lipinski definition) is 0. The SMILES string of the molecule is CC.CC.CC1=C(C2=C(C)C3=C(C=CC3)C2)CC2=C1CC=C2. The lowest BCUT2D eigenvalue weighted by Crippen LogP contribution is -1.93. The van der Waals surface area contributed by atoms with Crippen LogP contribution in [0.3, 0.4) is 0 Å². The normalized spacial score (nSPS) is 21.2. The Bertz CT molecular complexity index is 582. The minimum absolute atomic E-state index is 1.16. The van der Waals surface area contributed by atoms with Crippen LogP contribution >= 0.6 is 0 Å². The van der Waals surface area contributed by atoms with Crippen LogP contribution in [0.1, 0.15) is 67.2 Å². The van der Waals surface area contributed by atoms with Crippen LogP contribution in [0.15, 0.2) is 68.9 Å². The average molecular weight is 294 g/mol. The van der Waals surface area contributed by atoms with Gasteiger partial charge in [0, 0.05) is 0 Å². The Labute approximate surface area is 136 Å². The summed E-state index contributed by atoms with van der Waals surface area (Å²) in [6.45, 7) is 12.6. The fraction of sp³-hybridized carbons (Fsp3) is 0.455. The Kier molecular flexibility index (Phi) is 5.45. The predicted molar refractivity (Wildman–Crippen MR) is 98.9 cm³/mol. The molecule has 0 radical (unpaired) electrons. The summed E-state index contributed by atoms with van der Waals surface area (Å²) in [7, 11) is 0. The molecule has 0 amide bonds. The van der Waals surface area contributed by atoms with E-state index in [4.69, 9.17) is 0 Å². The first-order valence-corrected chi connectivity index (χ1v) is 8.93. The average Bonchev–Trinajstić information content (AvgIpc) is 3.29. The van der Waals surface area contributed by atoms with Crippen LogP contribution in [0.4, 0.5) is 0 Å². The molecule has 0 aliphatic heterocycles. The molecule has 4 aliphatic rings. The van der Waals surface area contributed by atoms with Crippen molar-refractivity contribution < 1.29 is 0 Å². The largest absolute Gasteiger partial charge is 0.0798 e. The molecule has 0 heterocycles. The molecule has 0 saturated heterocycles. The molecule has 4 rings (SSSR count). The van der Waals surface area contributed by atoms with Gasteiger partial charge in [-0.05, 0) is 84.1 Å². The monoisotopic (exact) mass is 294 g/mol. The summed E-state index contributed by atoms with van der Waals surface area (Å²) in [5.41, 5.74) is 12.7. The van der Waals surface area contributed by atoms with E-state index < -0.39 is 0 Å². The van der Waals surface area contributed by atoms with E-state index in [1.54, 1.807) is 44.6 Å². The van der Waals surface area contributed by atoms with Gasteiger partial charge in [-0.1, -0.05) is 52.0 Å². The summed E-state index contributed by atoms with van der Waals surface area (Å²) < 4.78 is 0. The zero-order chi connectivity index (χ0) is 16.3. The van der Waals surface area contributed by atoms with Gasteiger partial charge in [0.2, 0.25) is 0 Å². The smallest absolute Gasteiger partial charge is 0.00173 e. The second-order valence-corrected chi connectivity index (χ2v) is 5.78. The minimum Gasteiger partial charge on any atom is -0.0798 e. The predicted octanol–water partition coefficient (Wildman–Crippen LogP) is 6.99. The third-order valence-corrected chi connectivity index (χ3v) is 4.97. The van der Waals surface area contributed by atoms with Crippen LogP contribution in [-0.2, 0) is 0 Å². The van der Waals surface area contributed by atoms with Gasteiger partial charge >= 0.3 is 0 Å². The van der Waals surface area contributed by atoms with E-state index >= 15 is 0 Å². The van der Waals surface area contributed by atoms with Crippen molar-refractivity contribution in [3.05, 3.63) is 68.9 Å². The van der Waals surface area contributed by atoms with Crippen LogP contribution in [0, 0.1) is 0 Å². The summed E-state index contributed by atoms with van der Waals surface area (Å²) in [6.07, 6.45) is 13.9. The molecule has 0 nitrogen and oxygen atoms in total. The van der Waals surface area contributed by atoms with Gasteiger partial charge in [-0.2, -0.15) is 0 Å². The molecule has 0 unspecified atom stereocenters. The van der Waals surface area contributed by atoms with E-state index in [2.05, 4.69) is 38.2 Å². The molecule has 0 aromatic carbocycles. The van der Waals surface area contributed by atoms with E-state index in [1.807, 2.05) is 27.7 Å². The highest BCUT2D eigenvalue weighted by Gasteiger charge is 2.29. The number of hydrogen-bond acceptors (Lipinski definition) is 0. The molecule has 4 aliphatic carbocycles. The summed E-state index contributed by atoms with van der Waals surface area (Å²) in [5, 5.41) is 0. The van der Waals surface area contributed by atoms with Gasteiger partial charge in [-0.3, -0.25) is 0 Å². The van der Waals surface area contributed by atoms with E-state index in [1.165, 1.54) is 12.8 Å². The molecule has 0 saturated carbocycles. The maximum Gasteiger partial charge on any atom is -0.00173 e. The highest BCUT2D eigenvalue weighted by molar-refractivity contribution is 5.66. The molecule has 0 heteroatoms. The Morgan fingerprint density at radius 2 is 0.955 bits per heavy atom. The molecule has 0 atom stereocenters. The van der Waals surface area contributed by atoms with Gasteiger partial charge in [0.05, 0.1) is 0 Å². The van der Waals surface area contributed by atoms with E-state index in [-0.39, 0.29) is 0 Å². The Balaban J connectivity index is 0.000000410. The summed E-state index contributed by atoms with van der Waals surface area (Å²) >= 11 is 0. The lowest BCUT2D eigenvalue weighted by atomic mass is 9.93. The van der Waals surface area contributed by atoms with E-state index in [0.717, 1.165) is 12.8 Å². The Hall–Kier alpha value is -1.56. The van der Waals surface area contributed by atoms with Gasteiger partial charge in [-0.25, -0.2) is 0 Å². The molecule has 22 heavy (non-hydrogen) atoms. The topological polar surface area (TPSA) is 0 Å². The van der Waals surface area contributed by atoms with Crippen molar-refractivity contribution in [3.8, 4) is 0 Å². The molecule has 0 spiro atoms. The van der Waals surface area contributed by atoms with Crippen LogP contribution in [0.2, 0.25) is 0 Å². The standard InChI is InChI=1S/C18H18.2C2H6/c1-11-15-7-3-5-13(15)9-17(11)18-10-14-6-4-8-16(14)12(18)2;2*1-2/h3-6H,7-10H2,1-2H3;2*1-2H3. The second kappa shape index (κ2) is 7.13. The Morgan fingerprint density at radius 3 is 1.27 bits per heavy atom. The van der Waals surface area contributed by atoms with Gasteiger partial charge in [0.15, 0.2) is 0 Å². The fourth-order valence-electron chi connectivity index (χ4n) is 3.90. The van der Waals surface area contributed by atoms with Gasteiger partial charge in [-0.15, -0.1) is 0 Å². The molecular formula is C22H30. The zero-order valence-electron chi connectivity index (χ0n) is 15.1. The van der Waals surface area contributed by atoms with Crippen LogP contribution in [0.25, 0.3) is 0 Å². The highest BCUT2D eigenvalue weighted by atomic mass is 14.3. The van der Waals surface area contributed by atoms with Crippen molar-refractivity contribution in [1.82, 2.24) is 0 Å². The molecule has 0 bridgehead atoms. The van der Waals surface area contributed by atoms with Crippen molar-refractivity contribution in [2.75, 3.05) is 0 Å². The fourth-order valence-corrected chi connectivity index (χ4v) is 3.90.